The fourth-order valence-electron chi connectivity index (χ4n) is 2.57. The molecule has 0 spiro atoms. The van der Waals surface area contributed by atoms with Gasteiger partial charge in [-0.2, -0.15) is 0 Å². The Kier molecular flexibility index (Phi) is 4.51. The zero-order chi connectivity index (χ0) is 18.2. The van der Waals surface area contributed by atoms with Gasteiger partial charge in [0.15, 0.2) is 0 Å². The summed E-state index contributed by atoms with van der Waals surface area (Å²) in [6, 6.07) is 7.79. The van der Waals surface area contributed by atoms with Gasteiger partial charge >= 0.3 is 0 Å². The lowest BCUT2D eigenvalue weighted by Gasteiger charge is -2.13. The molecule has 0 radical (unpaired) electrons. The first-order chi connectivity index (χ1) is 11.8. The normalized spacial score (nSPS) is 13.3. The molecule has 2 aromatic heterocycles. The number of hydrogen-bond acceptors (Lipinski definition) is 5. The molecular formula is C18H21N3O3S. The fraction of sp³-hybridized carbons (Fsp3) is 0.333. The topological polar surface area (TPSA) is 78.0 Å². The lowest BCUT2D eigenvalue weighted by atomic mass is 10.0. The van der Waals surface area contributed by atoms with Gasteiger partial charge in [0.1, 0.15) is 11.0 Å². The lowest BCUT2D eigenvalue weighted by Crippen LogP contribution is -2.16. The first-order valence-corrected chi connectivity index (χ1v) is 9.65. The van der Waals surface area contributed by atoms with Crippen molar-refractivity contribution < 1.29 is 12.8 Å². The molecule has 0 aliphatic rings. The van der Waals surface area contributed by atoms with Gasteiger partial charge in [0.05, 0.1) is 6.20 Å². The fourth-order valence-corrected chi connectivity index (χ4v) is 3.91. The minimum atomic E-state index is -3.75. The van der Waals surface area contributed by atoms with E-state index >= 15 is 0 Å². The van der Waals surface area contributed by atoms with Crippen LogP contribution in [-0.4, -0.2) is 23.0 Å². The molecule has 7 heteroatoms. The van der Waals surface area contributed by atoms with Crippen LogP contribution in [0.4, 0.5) is 0 Å². The smallest absolute Gasteiger partial charge is 0.233 e. The van der Waals surface area contributed by atoms with Crippen LogP contribution in [0.25, 0.3) is 5.69 Å². The molecule has 3 rings (SSSR count). The van der Waals surface area contributed by atoms with Crippen molar-refractivity contribution >= 4 is 9.84 Å². The Bertz CT molecular complexity index is 969. The average Bonchev–Trinajstić information content (AvgIpc) is 3.23. The van der Waals surface area contributed by atoms with Crippen LogP contribution in [0.5, 0.6) is 0 Å². The summed E-state index contributed by atoms with van der Waals surface area (Å²) in [5.74, 6) is 1.15. The van der Waals surface area contributed by atoms with E-state index in [-0.39, 0.29) is 11.0 Å². The number of nitrogens with zero attached hydrogens (tertiary/aromatic N) is 3. The number of aromatic nitrogens is 3. The van der Waals surface area contributed by atoms with Crippen molar-refractivity contribution in [3.63, 3.8) is 0 Å². The molecular weight excluding hydrogens is 338 g/mol. The summed E-state index contributed by atoms with van der Waals surface area (Å²) in [5, 5.41) is -0.939. The van der Waals surface area contributed by atoms with Crippen LogP contribution < -0.4 is 0 Å². The van der Waals surface area contributed by atoms with Crippen molar-refractivity contribution in [1.29, 1.82) is 0 Å². The molecule has 1 atom stereocenters. The SMILES string of the molecule is Cc1cnc(C(C)S(=O)(=O)c2nccn2-c2ccc(C(C)C)cc2)o1. The molecule has 132 valence electrons. The molecule has 0 N–H and O–H groups in total. The van der Waals surface area contributed by atoms with Crippen molar-refractivity contribution in [2.75, 3.05) is 0 Å². The maximum Gasteiger partial charge on any atom is 0.233 e. The minimum Gasteiger partial charge on any atom is -0.445 e. The van der Waals surface area contributed by atoms with Crippen LogP contribution in [0.15, 0.2) is 52.4 Å². The molecule has 1 unspecified atom stereocenters. The summed E-state index contributed by atoms with van der Waals surface area (Å²) in [5.41, 5.74) is 1.94. The molecule has 0 saturated carbocycles. The van der Waals surface area contributed by atoms with Gasteiger partial charge in [-0.05, 0) is 37.5 Å². The van der Waals surface area contributed by atoms with Crippen molar-refractivity contribution in [3.05, 3.63) is 60.1 Å². The Balaban J connectivity index is 2.00. The molecule has 3 aromatic rings. The molecule has 25 heavy (non-hydrogen) atoms. The minimum absolute atomic E-state index is 0.0202. The number of imidazole rings is 1. The number of benzene rings is 1. The standard InChI is InChI=1S/C18H21N3O3S/c1-12(2)15-5-7-16(8-6-15)21-10-9-19-18(21)25(22,23)14(4)17-20-11-13(3)24-17/h5-12,14H,1-4H3. The predicted molar refractivity (Wildman–Crippen MR) is 94.5 cm³/mol. The number of aryl methyl sites for hydroxylation is 1. The van der Waals surface area contributed by atoms with Crippen molar-refractivity contribution in [2.24, 2.45) is 0 Å². The summed E-state index contributed by atoms with van der Waals surface area (Å²) in [7, 11) is -3.75. The van der Waals surface area contributed by atoms with Crippen LogP contribution in [0.1, 0.15) is 49.2 Å². The van der Waals surface area contributed by atoms with E-state index in [1.807, 2.05) is 24.3 Å². The van der Waals surface area contributed by atoms with E-state index in [0.717, 1.165) is 5.69 Å². The molecule has 0 aliphatic heterocycles. The van der Waals surface area contributed by atoms with Gasteiger partial charge in [-0.1, -0.05) is 26.0 Å². The predicted octanol–water partition coefficient (Wildman–Crippen LogP) is 3.83. The molecule has 0 saturated heterocycles. The highest BCUT2D eigenvalue weighted by atomic mass is 32.2. The van der Waals surface area contributed by atoms with Crippen molar-refractivity contribution in [3.8, 4) is 5.69 Å². The Morgan fingerprint density at radius 1 is 1.08 bits per heavy atom. The van der Waals surface area contributed by atoms with Gasteiger partial charge in [0, 0.05) is 18.1 Å². The second-order valence-electron chi connectivity index (χ2n) is 6.32. The van der Waals surface area contributed by atoms with Gasteiger partial charge in [0.25, 0.3) is 0 Å². The summed E-state index contributed by atoms with van der Waals surface area (Å²) < 4.78 is 32.9. The maximum atomic E-state index is 13.0. The molecule has 1 aromatic carbocycles. The molecule has 6 nitrogen and oxygen atoms in total. The number of oxazole rings is 1. The van der Waals surface area contributed by atoms with Crippen LogP contribution in [0.2, 0.25) is 0 Å². The van der Waals surface area contributed by atoms with Crippen molar-refractivity contribution in [2.45, 2.75) is 44.0 Å². The van der Waals surface area contributed by atoms with E-state index in [1.165, 1.54) is 18.0 Å². The molecule has 0 fully saturated rings. The third kappa shape index (κ3) is 3.24. The second kappa shape index (κ2) is 6.48. The summed E-state index contributed by atoms with van der Waals surface area (Å²) in [4.78, 5) is 8.12. The molecule has 0 aliphatic carbocycles. The Labute approximate surface area is 147 Å². The van der Waals surface area contributed by atoms with Gasteiger partial charge in [-0.15, -0.1) is 0 Å². The van der Waals surface area contributed by atoms with Crippen LogP contribution in [-0.2, 0) is 9.84 Å². The van der Waals surface area contributed by atoms with Crippen LogP contribution >= 0.6 is 0 Å². The van der Waals surface area contributed by atoms with E-state index in [2.05, 4.69) is 23.8 Å². The third-order valence-corrected chi connectivity index (χ3v) is 6.10. The second-order valence-corrected chi connectivity index (χ2v) is 8.48. The highest BCUT2D eigenvalue weighted by Gasteiger charge is 2.32. The molecule has 0 bridgehead atoms. The number of rotatable bonds is 5. The summed E-state index contributed by atoms with van der Waals surface area (Å²) >= 11 is 0. The van der Waals surface area contributed by atoms with Crippen molar-refractivity contribution in [1.82, 2.24) is 14.5 Å². The Morgan fingerprint density at radius 3 is 2.32 bits per heavy atom. The van der Waals surface area contributed by atoms with E-state index in [0.29, 0.717) is 11.7 Å². The van der Waals surface area contributed by atoms with Gasteiger partial charge in [0.2, 0.25) is 20.9 Å². The maximum absolute atomic E-state index is 13.0. The van der Waals surface area contributed by atoms with E-state index in [9.17, 15) is 8.42 Å². The highest BCUT2D eigenvalue weighted by molar-refractivity contribution is 7.91. The van der Waals surface area contributed by atoms with Crippen LogP contribution in [0, 0.1) is 6.92 Å². The summed E-state index contributed by atoms with van der Waals surface area (Å²) in [6.07, 6.45) is 4.64. The van der Waals surface area contributed by atoms with Gasteiger partial charge in [-0.3, -0.25) is 4.57 Å². The van der Waals surface area contributed by atoms with Gasteiger partial charge in [-0.25, -0.2) is 18.4 Å². The average molecular weight is 359 g/mol. The lowest BCUT2D eigenvalue weighted by molar-refractivity contribution is 0.463. The molecule has 0 amide bonds. The first kappa shape index (κ1) is 17.4. The zero-order valence-corrected chi connectivity index (χ0v) is 15.5. The molecule has 2 heterocycles. The van der Waals surface area contributed by atoms with E-state index < -0.39 is 15.1 Å². The number of hydrogen-bond donors (Lipinski definition) is 0. The van der Waals surface area contributed by atoms with E-state index in [4.69, 9.17) is 4.42 Å². The zero-order valence-electron chi connectivity index (χ0n) is 14.7. The van der Waals surface area contributed by atoms with Gasteiger partial charge < -0.3 is 4.42 Å². The number of sulfone groups is 1. The quantitative estimate of drug-likeness (QED) is 0.692. The third-order valence-electron chi connectivity index (χ3n) is 4.15. The Hall–Kier alpha value is -2.41. The monoisotopic (exact) mass is 359 g/mol. The highest BCUT2D eigenvalue weighted by Crippen LogP contribution is 2.29. The largest absolute Gasteiger partial charge is 0.445 e. The summed E-state index contributed by atoms with van der Waals surface area (Å²) in [6.45, 7) is 7.51. The Morgan fingerprint density at radius 2 is 1.76 bits per heavy atom. The van der Waals surface area contributed by atoms with Crippen LogP contribution in [0.3, 0.4) is 0 Å². The van der Waals surface area contributed by atoms with E-state index in [1.54, 1.807) is 24.6 Å². The first-order valence-electron chi connectivity index (χ1n) is 8.10.